The molecule has 0 fully saturated rings. The molecule has 16 heavy (non-hydrogen) atoms. The summed E-state index contributed by atoms with van der Waals surface area (Å²) in [4.78, 5) is 27.1. The molecule has 96 valence electrons. The van der Waals surface area contributed by atoms with E-state index >= 15 is 0 Å². The lowest BCUT2D eigenvalue weighted by Gasteiger charge is -2.27. The fraction of sp³-hybridized carbons (Fsp3) is 0.833. The van der Waals surface area contributed by atoms with Crippen LogP contribution >= 0.6 is 7.82 Å². The Hall–Kier alpha value is -0.380. The van der Waals surface area contributed by atoms with Crippen molar-refractivity contribution in [3.05, 3.63) is 0 Å². The van der Waals surface area contributed by atoms with Crippen LogP contribution in [0.5, 0.6) is 0 Å². The van der Waals surface area contributed by atoms with Gasteiger partial charge in [-0.2, -0.15) is 0 Å². The van der Waals surface area contributed by atoms with Crippen LogP contribution in [0.1, 0.15) is 0 Å². The predicted molar refractivity (Wildman–Crippen MR) is 48.1 cm³/mol. The molecule has 0 unspecified atom stereocenters. The normalized spacial score (nSPS) is 19.9. The molecule has 0 bridgehead atoms. The quantitative estimate of drug-likeness (QED) is 0.203. The average molecular weight is 260 g/mol. The third-order valence-corrected chi connectivity index (χ3v) is 2.17. The van der Waals surface area contributed by atoms with Gasteiger partial charge in [0.1, 0.15) is 24.4 Å². The molecule has 0 saturated carbocycles. The second-order valence-electron chi connectivity index (χ2n) is 2.93. The zero-order chi connectivity index (χ0) is 12.9. The molecule has 0 spiro atoms. The van der Waals surface area contributed by atoms with Crippen molar-refractivity contribution in [1.82, 2.24) is 0 Å². The van der Waals surface area contributed by atoms with Crippen molar-refractivity contribution < 1.29 is 44.1 Å². The largest absolute Gasteiger partial charge is 0.470 e. The Bertz CT molecular complexity index is 263. The minimum Gasteiger partial charge on any atom is -0.394 e. The first-order valence-electron chi connectivity index (χ1n) is 4.07. The Morgan fingerprint density at radius 2 is 1.75 bits per heavy atom. The first-order chi connectivity index (χ1) is 7.22. The number of aliphatic hydroxyl groups excluding tert-OH is 4. The van der Waals surface area contributed by atoms with Gasteiger partial charge in [-0.1, -0.05) is 0 Å². The molecule has 0 aromatic heterocycles. The molecule has 6 N–H and O–H groups in total. The number of aliphatic hydroxyl groups is 4. The molecule has 0 aliphatic heterocycles. The second-order valence-corrected chi connectivity index (χ2v) is 4.12. The summed E-state index contributed by atoms with van der Waals surface area (Å²) in [5, 5.41) is 35.7. The molecule has 10 heteroatoms. The highest BCUT2D eigenvalue weighted by Crippen LogP contribution is 2.39. The predicted octanol–water partition coefficient (Wildman–Crippen LogP) is -3.26. The highest BCUT2D eigenvalue weighted by Gasteiger charge is 2.37. The van der Waals surface area contributed by atoms with Gasteiger partial charge < -0.3 is 35.0 Å². The molecule has 9 nitrogen and oxygen atoms in total. The second kappa shape index (κ2) is 6.38. The van der Waals surface area contributed by atoms with Crippen molar-refractivity contribution in [3.63, 3.8) is 0 Å². The molecule has 0 rings (SSSR count). The molecule has 0 aromatic carbocycles. The zero-order valence-electron chi connectivity index (χ0n) is 7.95. The fourth-order valence-corrected chi connectivity index (χ4v) is 1.46. The number of carbonyl (C=O) groups excluding carboxylic acids is 1. The van der Waals surface area contributed by atoms with Gasteiger partial charge in [0.15, 0.2) is 6.29 Å². The van der Waals surface area contributed by atoms with Crippen molar-refractivity contribution in [3.8, 4) is 0 Å². The van der Waals surface area contributed by atoms with Crippen molar-refractivity contribution in [2.45, 2.75) is 24.4 Å². The van der Waals surface area contributed by atoms with E-state index in [1.807, 2.05) is 0 Å². The van der Waals surface area contributed by atoms with Gasteiger partial charge >= 0.3 is 7.82 Å². The Balaban J connectivity index is 4.80. The van der Waals surface area contributed by atoms with Crippen LogP contribution in [-0.2, 0) is 13.9 Å². The van der Waals surface area contributed by atoms with Gasteiger partial charge in [-0.05, 0) is 0 Å². The van der Waals surface area contributed by atoms with Crippen LogP contribution in [0.15, 0.2) is 0 Å². The van der Waals surface area contributed by atoms with Gasteiger partial charge in [0.2, 0.25) is 0 Å². The van der Waals surface area contributed by atoms with E-state index in [2.05, 4.69) is 4.52 Å². The third kappa shape index (κ3) is 5.10. The number of aldehydes is 1. The van der Waals surface area contributed by atoms with Crippen LogP contribution in [0.2, 0.25) is 0 Å². The summed E-state index contributed by atoms with van der Waals surface area (Å²) >= 11 is 0. The molecule has 0 aromatic rings. The zero-order valence-corrected chi connectivity index (χ0v) is 8.84. The summed E-state index contributed by atoms with van der Waals surface area (Å²) in [7, 11) is -5.06. The summed E-state index contributed by atoms with van der Waals surface area (Å²) in [6, 6.07) is 0. The maximum absolute atomic E-state index is 10.5. The topological polar surface area (TPSA) is 165 Å². The van der Waals surface area contributed by atoms with Gasteiger partial charge in [-0.3, -0.25) is 4.52 Å². The molecule has 0 aliphatic rings. The summed E-state index contributed by atoms with van der Waals surface area (Å²) in [6.07, 6.45) is -8.07. The molecule has 4 atom stereocenters. The lowest BCUT2D eigenvalue weighted by atomic mass is 10.0. The highest BCUT2D eigenvalue weighted by molar-refractivity contribution is 7.46. The van der Waals surface area contributed by atoms with E-state index in [-0.39, 0.29) is 6.29 Å². The molecular weight excluding hydrogens is 247 g/mol. The summed E-state index contributed by atoms with van der Waals surface area (Å²) in [5.74, 6) is 0. The van der Waals surface area contributed by atoms with Crippen LogP contribution in [0, 0.1) is 0 Å². The van der Waals surface area contributed by atoms with Crippen LogP contribution in [0.25, 0.3) is 0 Å². The van der Waals surface area contributed by atoms with Gasteiger partial charge in [0, 0.05) is 0 Å². The summed E-state index contributed by atoms with van der Waals surface area (Å²) < 4.78 is 14.4. The molecule has 0 radical (unpaired) electrons. The summed E-state index contributed by atoms with van der Waals surface area (Å²) in [6.45, 7) is -0.937. The van der Waals surface area contributed by atoms with Crippen molar-refractivity contribution in [1.29, 1.82) is 0 Å². The highest BCUT2D eigenvalue weighted by atomic mass is 31.2. The SMILES string of the molecule is O=C[C@H](O)[C@H](OP(=O)(O)O)[C@H](O)[C@H](O)CO. The van der Waals surface area contributed by atoms with E-state index in [1.165, 1.54) is 0 Å². The number of carbonyl (C=O) groups is 1. The summed E-state index contributed by atoms with van der Waals surface area (Å²) in [5.41, 5.74) is 0. The molecule has 0 amide bonds. The first kappa shape index (κ1) is 15.6. The van der Waals surface area contributed by atoms with Crippen molar-refractivity contribution in [2.24, 2.45) is 0 Å². The van der Waals surface area contributed by atoms with Crippen molar-refractivity contribution in [2.75, 3.05) is 6.61 Å². The third-order valence-electron chi connectivity index (χ3n) is 1.65. The Morgan fingerprint density at radius 3 is 2.06 bits per heavy atom. The average Bonchev–Trinajstić information content (AvgIpc) is 2.21. The minimum absolute atomic E-state index is 0.131. The standard InChI is InChI=1S/C6H13O9P/c7-1-3(9)5(11)6(4(10)2-8)15-16(12,13)14/h2-7,9-11H,1H2,(H2,12,13,14)/t3-,4+,5-,6+/m1/s1. The van der Waals surface area contributed by atoms with Crippen LogP contribution in [0.4, 0.5) is 0 Å². The minimum atomic E-state index is -5.06. The van der Waals surface area contributed by atoms with E-state index < -0.39 is 38.8 Å². The van der Waals surface area contributed by atoms with E-state index in [4.69, 9.17) is 25.1 Å². The van der Waals surface area contributed by atoms with E-state index in [1.54, 1.807) is 0 Å². The van der Waals surface area contributed by atoms with Gasteiger partial charge in [-0.15, -0.1) is 0 Å². The number of phosphoric acid groups is 1. The maximum Gasteiger partial charge on any atom is 0.470 e. The number of phosphoric ester groups is 1. The molecule has 0 heterocycles. The Kier molecular flexibility index (Phi) is 6.23. The van der Waals surface area contributed by atoms with Gasteiger partial charge in [-0.25, -0.2) is 4.57 Å². The van der Waals surface area contributed by atoms with E-state index in [9.17, 15) is 14.5 Å². The van der Waals surface area contributed by atoms with Crippen LogP contribution in [-0.4, -0.2) is 67.5 Å². The van der Waals surface area contributed by atoms with Crippen LogP contribution in [0.3, 0.4) is 0 Å². The smallest absolute Gasteiger partial charge is 0.394 e. The van der Waals surface area contributed by atoms with Crippen molar-refractivity contribution >= 4 is 14.1 Å². The Morgan fingerprint density at radius 1 is 1.25 bits per heavy atom. The monoisotopic (exact) mass is 260 g/mol. The number of hydrogen-bond donors (Lipinski definition) is 6. The molecule has 0 saturated heterocycles. The first-order valence-corrected chi connectivity index (χ1v) is 5.60. The maximum atomic E-state index is 10.5. The molecular formula is C6H13O9P. The molecule has 0 aliphatic carbocycles. The number of rotatable bonds is 7. The van der Waals surface area contributed by atoms with Gasteiger partial charge in [0.05, 0.1) is 6.61 Å². The lowest BCUT2D eigenvalue weighted by molar-refractivity contribution is -0.134. The number of hydrogen-bond acceptors (Lipinski definition) is 7. The van der Waals surface area contributed by atoms with E-state index in [0.29, 0.717) is 0 Å². The van der Waals surface area contributed by atoms with Crippen LogP contribution < -0.4 is 0 Å². The van der Waals surface area contributed by atoms with Gasteiger partial charge in [0.25, 0.3) is 0 Å². The van der Waals surface area contributed by atoms with E-state index in [0.717, 1.165) is 0 Å². The Labute approximate surface area is 90.2 Å². The lowest BCUT2D eigenvalue weighted by Crippen LogP contribution is -2.47. The fourth-order valence-electron chi connectivity index (χ4n) is 0.890.